The lowest BCUT2D eigenvalue weighted by molar-refractivity contribution is 0.0981. The molecule has 1 aliphatic rings. The standard InChI is InChI=1S/C14H12F2N2OS/c1-8-7-20-14(17-8)18(10-3-4-10)13(19)11-6-9(15)2-5-12(11)16/h2,5-7,10H,3-4H2,1H3. The minimum atomic E-state index is -0.713. The molecule has 0 radical (unpaired) electrons. The van der Waals surface area contributed by atoms with E-state index in [4.69, 9.17) is 0 Å². The van der Waals surface area contributed by atoms with Crippen molar-refractivity contribution >= 4 is 22.4 Å². The molecule has 6 heteroatoms. The van der Waals surface area contributed by atoms with Gasteiger partial charge < -0.3 is 0 Å². The summed E-state index contributed by atoms with van der Waals surface area (Å²) in [6.07, 6.45) is 1.72. The molecule has 0 aliphatic heterocycles. The number of thiazole rings is 1. The molecule has 1 aliphatic carbocycles. The monoisotopic (exact) mass is 294 g/mol. The minimum absolute atomic E-state index is 0.0377. The van der Waals surface area contributed by atoms with Gasteiger partial charge in [0.25, 0.3) is 5.91 Å². The largest absolute Gasteiger partial charge is 0.281 e. The molecule has 104 valence electrons. The SMILES string of the molecule is Cc1csc(N(C(=O)c2cc(F)ccc2F)C2CC2)n1. The Bertz CT molecular complexity index is 667. The summed E-state index contributed by atoms with van der Waals surface area (Å²) in [7, 11) is 0. The third kappa shape index (κ3) is 2.43. The van der Waals surface area contributed by atoms with Crippen molar-refractivity contribution in [2.45, 2.75) is 25.8 Å². The lowest BCUT2D eigenvalue weighted by Crippen LogP contribution is -2.33. The van der Waals surface area contributed by atoms with Crippen LogP contribution in [0.1, 0.15) is 28.9 Å². The van der Waals surface area contributed by atoms with Crippen LogP contribution in [0.3, 0.4) is 0 Å². The number of anilines is 1. The van der Waals surface area contributed by atoms with Gasteiger partial charge in [0.1, 0.15) is 11.6 Å². The number of hydrogen-bond acceptors (Lipinski definition) is 3. The molecule has 3 rings (SSSR count). The highest BCUT2D eigenvalue weighted by Crippen LogP contribution is 2.35. The number of carbonyl (C=O) groups is 1. The van der Waals surface area contributed by atoms with Gasteiger partial charge in [-0.25, -0.2) is 13.8 Å². The summed E-state index contributed by atoms with van der Waals surface area (Å²) in [5.41, 5.74) is 0.563. The van der Waals surface area contributed by atoms with Crippen molar-refractivity contribution in [3.05, 3.63) is 46.5 Å². The number of halogens is 2. The van der Waals surface area contributed by atoms with E-state index in [1.165, 1.54) is 16.2 Å². The molecule has 1 aromatic carbocycles. The van der Waals surface area contributed by atoms with Crippen LogP contribution in [-0.2, 0) is 0 Å². The summed E-state index contributed by atoms with van der Waals surface area (Å²) < 4.78 is 27.0. The Hall–Kier alpha value is -1.82. The van der Waals surface area contributed by atoms with Gasteiger partial charge in [0.05, 0.1) is 11.3 Å². The smallest absolute Gasteiger partial charge is 0.263 e. The first-order valence-electron chi connectivity index (χ1n) is 6.27. The highest BCUT2D eigenvalue weighted by Gasteiger charge is 2.36. The molecule has 1 amide bonds. The van der Waals surface area contributed by atoms with Crippen LogP contribution >= 0.6 is 11.3 Å². The molecule has 0 atom stereocenters. The molecule has 0 N–H and O–H groups in total. The van der Waals surface area contributed by atoms with Gasteiger partial charge in [-0.2, -0.15) is 0 Å². The fourth-order valence-electron chi connectivity index (χ4n) is 1.98. The molecule has 2 aromatic rings. The van der Waals surface area contributed by atoms with Crippen LogP contribution in [0.15, 0.2) is 23.6 Å². The van der Waals surface area contributed by atoms with Crippen molar-refractivity contribution in [3.8, 4) is 0 Å². The molecule has 20 heavy (non-hydrogen) atoms. The van der Waals surface area contributed by atoms with Gasteiger partial charge in [-0.3, -0.25) is 9.69 Å². The van der Waals surface area contributed by atoms with E-state index >= 15 is 0 Å². The van der Waals surface area contributed by atoms with E-state index in [1.54, 1.807) is 0 Å². The maximum absolute atomic E-state index is 13.8. The Labute approximate surface area is 118 Å². The third-order valence-corrected chi connectivity index (χ3v) is 4.06. The number of rotatable bonds is 3. The summed E-state index contributed by atoms with van der Waals surface area (Å²) in [5, 5.41) is 2.37. The normalized spacial score (nSPS) is 14.3. The molecule has 0 saturated heterocycles. The number of benzene rings is 1. The Kier molecular flexibility index (Phi) is 3.25. The molecule has 1 heterocycles. The van der Waals surface area contributed by atoms with Gasteiger partial charge in [-0.15, -0.1) is 11.3 Å². The number of aromatic nitrogens is 1. The molecular formula is C14H12F2N2OS. The zero-order valence-corrected chi connectivity index (χ0v) is 11.6. The second-order valence-electron chi connectivity index (χ2n) is 4.80. The Morgan fingerprint density at radius 3 is 2.75 bits per heavy atom. The van der Waals surface area contributed by atoms with Gasteiger partial charge in [0.15, 0.2) is 5.13 Å². The topological polar surface area (TPSA) is 33.2 Å². The van der Waals surface area contributed by atoms with E-state index < -0.39 is 17.5 Å². The quantitative estimate of drug-likeness (QED) is 0.867. The Morgan fingerprint density at radius 2 is 2.15 bits per heavy atom. The molecule has 0 spiro atoms. The number of carbonyl (C=O) groups excluding carboxylic acids is 1. The minimum Gasteiger partial charge on any atom is -0.281 e. The maximum Gasteiger partial charge on any atom is 0.263 e. The first kappa shape index (κ1) is 13.2. The van der Waals surface area contributed by atoms with E-state index in [9.17, 15) is 13.6 Å². The maximum atomic E-state index is 13.8. The Balaban J connectivity index is 1.99. The molecular weight excluding hydrogens is 282 g/mol. The van der Waals surface area contributed by atoms with E-state index in [0.29, 0.717) is 5.13 Å². The average molecular weight is 294 g/mol. The number of nitrogens with zero attached hydrogens (tertiary/aromatic N) is 2. The predicted octanol–water partition coefficient (Wildman–Crippen LogP) is 3.54. The van der Waals surface area contributed by atoms with Crippen molar-refractivity contribution in [1.29, 1.82) is 0 Å². The molecule has 3 nitrogen and oxygen atoms in total. The van der Waals surface area contributed by atoms with Gasteiger partial charge >= 0.3 is 0 Å². The molecule has 1 fully saturated rings. The van der Waals surface area contributed by atoms with Gasteiger partial charge in [-0.05, 0) is 38.0 Å². The number of aryl methyl sites for hydroxylation is 1. The van der Waals surface area contributed by atoms with Gasteiger partial charge in [0.2, 0.25) is 0 Å². The summed E-state index contributed by atoms with van der Waals surface area (Å²) in [4.78, 5) is 18.3. The highest BCUT2D eigenvalue weighted by molar-refractivity contribution is 7.14. The summed E-state index contributed by atoms with van der Waals surface area (Å²) in [6, 6.07) is 2.95. The second-order valence-corrected chi connectivity index (χ2v) is 5.64. The number of hydrogen-bond donors (Lipinski definition) is 0. The van der Waals surface area contributed by atoms with Crippen LogP contribution in [0.5, 0.6) is 0 Å². The molecule has 1 saturated carbocycles. The van der Waals surface area contributed by atoms with Crippen LogP contribution in [0.4, 0.5) is 13.9 Å². The first-order chi connectivity index (χ1) is 9.56. The summed E-state index contributed by atoms with van der Waals surface area (Å²) in [6.45, 7) is 1.83. The van der Waals surface area contributed by atoms with Crippen molar-refractivity contribution in [2.24, 2.45) is 0 Å². The van der Waals surface area contributed by atoms with E-state index in [2.05, 4.69) is 4.98 Å². The Morgan fingerprint density at radius 1 is 1.40 bits per heavy atom. The molecule has 1 aromatic heterocycles. The van der Waals surface area contributed by atoms with Crippen LogP contribution in [0, 0.1) is 18.6 Å². The second kappa shape index (κ2) is 4.94. The molecule has 0 unspecified atom stereocenters. The van der Waals surface area contributed by atoms with Crippen molar-refractivity contribution in [1.82, 2.24) is 4.98 Å². The lowest BCUT2D eigenvalue weighted by Gasteiger charge is -2.19. The van der Waals surface area contributed by atoms with E-state index in [0.717, 1.165) is 36.7 Å². The van der Waals surface area contributed by atoms with Crippen LogP contribution < -0.4 is 4.90 Å². The van der Waals surface area contributed by atoms with Crippen molar-refractivity contribution in [2.75, 3.05) is 4.90 Å². The van der Waals surface area contributed by atoms with Gasteiger partial charge in [-0.1, -0.05) is 0 Å². The lowest BCUT2D eigenvalue weighted by atomic mass is 10.2. The van der Waals surface area contributed by atoms with Crippen LogP contribution in [0.25, 0.3) is 0 Å². The molecule has 0 bridgehead atoms. The van der Waals surface area contributed by atoms with Crippen LogP contribution in [0.2, 0.25) is 0 Å². The van der Waals surface area contributed by atoms with Crippen molar-refractivity contribution in [3.63, 3.8) is 0 Å². The summed E-state index contributed by atoms with van der Waals surface area (Å²) >= 11 is 1.34. The fraction of sp³-hybridized carbons (Fsp3) is 0.286. The third-order valence-electron chi connectivity index (χ3n) is 3.10. The van der Waals surface area contributed by atoms with E-state index in [-0.39, 0.29) is 11.6 Å². The first-order valence-corrected chi connectivity index (χ1v) is 7.15. The van der Waals surface area contributed by atoms with Crippen molar-refractivity contribution < 1.29 is 13.6 Å². The fourth-order valence-corrected chi connectivity index (χ4v) is 2.86. The van der Waals surface area contributed by atoms with E-state index in [1.807, 2.05) is 12.3 Å². The van der Waals surface area contributed by atoms with Gasteiger partial charge in [0, 0.05) is 11.4 Å². The van der Waals surface area contributed by atoms with Crippen LogP contribution in [-0.4, -0.2) is 16.9 Å². The zero-order valence-electron chi connectivity index (χ0n) is 10.8. The summed E-state index contributed by atoms with van der Waals surface area (Å²) in [5.74, 6) is -1.87. The highest BCUT2D eigenvalue weighted by atomic mass is 32.1. The average Bonchev–Trinajstić information content (AvgIpc) is 3.15. The number of amides is 1. The predicted molar refractivity (Wildman–Crippen MR) is 73.0 cm³/mol. The zero-order chi connectivity index (χ0) is 14.3.